The molecule has 1 N–H and O–H groups in total. The third-order valence-electron chi connectivity index (χ3n) is 8.87. The van der Waals surface area contributed by atoms with Gasteiger partial charge in [-0.25, -0.2) is 0 Å². The Morgan fingerprint density at radius 3 is 1.62 bits per heavy atom. The minimum atomic E-state index is -0.0214. The first kappa shape index (κ1) is 43.6. The highest BCUT2D eigenvalue weighted by atomic mass is 16.5. The molecule has 45 heavy (non-hydrogen) atoms. The van der Waals surface area contributed by atoms with Crippen molar-refractivity contribution in [3.8, 4) is 0 Å². The van der Waals surface area contributed by atoms with Crippen LogP contribution in [0.2, 0.25) is 0 Å². The molecule has 0 saturated heterocycles. The van der Waals surface area contributed by atoms with Gasteiger partial charge in [-0.2, -0.15) is 0 Å². The number of ether oxygens (including phenoxy) is 2. The SMILES string of the molecule is CCCCCCC(CCCC)C(=O)OC/C=C/CCCN(CCCO)CCCCCCOC(=O)C(CCCC)CCCCCC. The predicted octanol–water partition coefficient (Wildman–Crippen LogP) is 10.2. The highest BCUT2D eigenvalue weighted by molar-refractivity contribution is 5.72. The van der Waals surface area contributed by atoms with Crippen LogP contribution in [0, 0.1) is 11.8 Å². The van der Waals surface area contributed by atoms with E-state index >= 15 is 0 Å². The first-order chi connectivity index (χ1) is 22.0. The zero-order valence-corrected chi connectivity index (χ0v) is 30.3. The van der Waals surface area contributed by atoms with Gasteiger partial charge in [0.1, 0.15) is 6.61 Å². The van der Waals surface area contributed by atoms with E-state index in [9.17, 15) is 14.7 Å². The van der Waals surface area contributed by atoms with Crippen LogP contribution in [-0.2, 0) is 19.1 Å². The summed E-state index contributed by atoms with van der Waals surface area (Å²) in [5, 5.41) is 9.34. The molecule has 0 fully saturated rings. The van der Waals surface area contributed by atoms with Gasteiger partial charge in [0.05, 0.1) is 18.4 Å². The van der Waals surface area contributed by atoms with Crippen LogP contribution < -0.4 is 0 Å². The van der Waals surface area contributed by atoms with Crippen molar-refractivity contribution in [1.82, 2.24) is 4.90 Å². The fraction of sp³-hybridized carbons (Fsp3) is 0.897. The van der Waals surface area contributed by atoms with Gasteiger partial charge >= 0.3 is 11.9 Å². The molecule has 6 nitrogen and oxygen atoms in total. The van der Waals surface area contributed by atoms with Gasteiger partial charge in [0.2, 0.25) is 0 Å². The number of allylic oxidation sites excluding steroid dienone is 1. The average molecular weight is 638 g/mol. The Kier molecular flexibility index (Phi) is 32.9. The summed E-state index contributed by atoms with van der Waals surface area (Å²) in [7, 11) is 0. The summed E-state index contributed by atoms with van der Waals surface area (Å²) in [4.78, 5) is 27.7. The van der Waals surface area contributed by atoms with Gasteiger partial charge in [-0.1, -0.05) is 130 Å². The molecule has 0 amide bonds. The minimum absolute atomic E-state index is 0.0214. The van der Waals surface area contributed by atoms with Crippen molar-refractivity contribution in [2.45, 2.75) is 175 Å². The lowest BCUT2D eigenvalue weighted by Crippen LogP contribution is -2.27. The molecular formula is C39H75NO5. The number of esters is 2. The lowest BCUT2D eigenvalue weighted by atomic mass is 9.95. The van der Waals surface area contributed by atoms with Gasteiger partial charge < -0.3 is 19.5 Å². The number of hydrogen-bond acceptors (Lipinski definition) is 6. The van der Waals surface area contributed by atoms with Gasteiger partial charge in [-0.15, -0.1) is 0 Å². The Bertz CT molecular complexity index is 682. The topological polar surface area (TPSA) is 76.1 Å². The van der Waals surface area contributed by atoms with Gasteiger partial charge in [0.15, 0.2) is 0 Å². The Morgan fingerprint density at radius 2 is 1.04 bits per heavy atom. The van der Waals surface area contributed by atoms with Gasteiger partial charge in [0.25, 0.3) is 0 Å². The van der Waals surface area contributed by atoms with Crippen LogP contribution in [0.5, 0.6) is 0 Å². The maximum Gasteiger partial charge on any atom is 0.309 e. The smallest absolute Gasteiger partial charge is 0.309 e. The highest BCUT2D eigenvalue weighted by Gasteiger charge is 2.20. The number of rotatable bonds is 34. The number of unbranched alkanes of at least 4 members (excludes halogenated alkanes) is 12. The minimum Gasteiger partial charge on any atom is -0.465 e. The third kappa shape index (κ3) is 27.4. The van der Waals surface area contributed by atoms with Gasteiger partial charge in [-0.3, -0.25) is 9.59 Å². The molecule has 0 bridgehead atoms. The molecule has 0 rings (SSSR count). The van der Waals surface area contributed by atoms with Gasteiger partial charge in [0, 0.05) is 13.2 Å². The predicted molar refractivity (Wildman–Crippen MR) is 190 cm³/mol. The number of nitrogens with zero attached hydrogens (tertiary/aromatic N) is 1. The zero-order valence-electron chi connectivity index (χ0n) is 30.3. The van der Waals surface area contributed by atoms with Crippen molar-refractivity contribution in [2.75, 3.05) is 39.5 Å². The quantitative estimate of drug-likeness (QED) is 0.0430. The normalized spacial score (nSPS) is 13.0. The Hall–Kier alpha value is -1.40. The number of carbonyl (C=O) groups excluding carboxylic acids is 2. The maximum atomic E-state index is 12.6. The fourth-order valence-corrected chi connectivity index (χ4v) is 5.87. The van der Waals surface area contributed by atoms with Crippen molar-refractivity contribution in [2.24, 2.45) is 11.8 Å². The molecule has 0 aromatic heterocycles. The first-order valence-electron chi connectivity index (χ1n) is 19.3. The molecular weight excluding hydrogens is 562 g/mol. The molecule has 2 unspecified atom stereocenters. The standard InChI is InChI=1S/C39H75NO5/c1-5-9-13-19-28-36(26-11-7-3)38(42)44-34-23-17-15-21-30-40(32-25-33-41)31-22-16-18-24-35-45-39(43)37(27-12-8-4)29-20-14-10-6-2/h17,23,36-37,41H,5-16,18-22,24-35H2,1-4H3/b23-17+. The van der Waals surface area contributed by atoms with E-state index in [1.165, 1.54) is 38.5 Å². The molecule has 6 heteroatoms. The van der Waals surface area contributed by atoms with Crippen LogP contribution >= 0.6 is 0 Å². The summed E-state index contributed by atoms with van der Waals surface area (Å²) in [5.41, 5.74) is 0. The summed E-state index contributed by atoms with van der Waals surface area (Å²) in [6.45, 7) is 12.9. The molecule has 0 aliphatic carbocycles. The second-order valence-electron chi connectivity index (χ2n) is 13.1. The van der Waals surface area contributed by atoms with Crippen molar-refractivity contribution < 1.29 is 24.2 Å². The Balaban J connectivity index is 4.21. The van der Waals surface area contributed by atoms with Crippen LogP contribution in [0.15, 0.2) is 12.2 Å². The highest BCUT2D eigenvalue weighted by Crippen LogP contribution is 2.20. The zero-order chi connectivity index (χ0) is 33.2. The van der Waals surface area contributed by atoms with E-state index < -0.39 is 0 Å². The van der Waals surface area contributed by atoms with E-state index in [0.717, 1.165) is 129 Å². The third-order valence-corrected chi connectivity index (χ3v) is 8.87. The van der Waals surface area contributed by atoms with Crippen LogP contribution in [0.4, 0.5) is 0 Å². The average Bonchev–Trinajstić information content (AvgIpc) is 3.04. The van der Waals surface area contributed by atoms with Crippen molar-refractivity contribution in [3.05, 3.63) is 12.2 Å². The lowest BCUT2D eigenvalue weighted by Gasteiger charge is -2.21. The molecule has 0 aromatic carbocycles. The van der Waals surface area contributed by atoms with E-state index in [4.69, 9.17) is 9.47 Å². The van der Waals surface area contributed by atoms with Crippen LogP contribution in [0.3, 0.4) is 0 Å². The Morgan fingerprint density at radius 1 is 0.556 bits per heavy atom. The van der Waals surface area contributed by atoms with Gasteiger partial charge in [-0.05, 0) is 70.9 Å². The molecule has 0 saturated carbocycles. The number of aliphatic hydroxyl groups is 1. The van der Waals surface area contributed by atoms with Crippen molar-refractivity contribution in [1.29, 1.82) is 0 Å². The Labute approximate surface area is 279 Å². The largest absolute Gasteiger partial charge is 0.465 e. The number of carbonyl (C=O) groups is 2. The second kappa shape index (κ2) is 33.9. The summed E-state index contributed by atoms with van der Waals surface area (Å²) < 4.78 is 11.3. The molecule has 0 heterocycles. The number of aliphatic hydroxyl groups excluding tert-OH is 1. The van der Waals surface area contributed by atoms with Crippen LogP contribution in [-0.4, -0.2) is 61.4 Å². The van der Waals surface area contributed by atoms with E-state index in [2.05, 4.69) is 38.7 Å². The maximum absolute atomic E-state index is 12.6. The van der Waals surface area contributed by atoms with E-state index in [-0.39, 0.29) is 30.4 Å². The molecule has 0 radical (unpaired) electrons. The van der Waals surface area contributed by atoms with Crippen LogP contribution in [0.25, 0.3) is 0 Å². The summed E-state index contributed by atoms with van der Waals surface area (Å²) >= 11 is 0. The van der Waals surface area contributed by atoms with Crippen molar-refractivity contribution >= 4 is 11.9 Å². The lowest BCUT2D eigenvalue weighted by molar-refractivity contribution is -0.149. The number of hydrogen-bond donors (Lipinski definition) is 1. The molecule has 0 aliphatic heterocycles. The van der Waals surface area contributed by atoms with E-state index in [1.807, 2.05) is 6.08 Å². The summed E-state index contributed by atoms with van der Waals surface area (Å²) in [6.07, 6.45) is 29.1. The summed E-state index contributed by atoms with van der Waals surface area (Å²) in [6, 6.07) is 0. The molecule has 0 aromatic rings. The molecule has 2 atom stereocenters. The molecule has 266 valence electrons. The van der Waals surface area contributed by atoms with Crippen LogP contribution in [0.1, 0.15) is 175 Å². The second-order valence-corrected chi connectivity index (χ2v) is 13.1. The fourth-order valence-electron chi connectivity index (χ4n) is 5.87. The van der Waals surface area contributed by atoms with Crippen molar-refractivity contribution in [3.63, 3.8) is 0 Å². The monoisotopic (exact) mass is 638 g/mol. The van der Waals surface area contributed by atoms with E-state index in [1.54, 1.807) is 0 Å². The molecule has 0 aliphatic rings. The summed E-state index contributed by atoms with van der Waals surface area (Å²) in [5.74, 6) is 0.140. The molecule has 0 spiro atoms. The first-order valence-corrected chi connectivity index (χ1v) is 19.3. The van der Waals surface area contributed by atoms with E-state index in [0.29, 0.717) is 13.2 Å².